The fraction of sp³-hybridized carbons (Fsp3) is 0.522. The van der Waals surface area contributed by atoms with Gasteiger partial charge in [0, 0.05) is 137 Å². The van der Waals surface area contributed by atoms with Crippen LogP contribution >= 0.6 is 11.8 Å². The number of phenolic OH excluding ortho intramolecular Hbond substituents is 1. The SMILES string of the molecule is CCCC[C@H]1C(=O)N(C)[C@@H](CCCC)C(=O)N[C@@H](CC(C)C)C(=O)N[C@H](C(=O)NCC(N)=O)CSCC(=O)N[C@@H](Cc2ccc(O)cc2)C(=O)N(C)[C@@H](C)C(=O)N[C@@H](CC(N)=O)C(=O)N(CCN)CC(=O)N[C@@H](Cc2ccc[nH]2)C(=O)N[C@@H](CCC(=O)O)C(=O)N2C[C@H](O)C[C@H]2C(=O)C[C@@H](Cc2c[nH]c3ccccc23)C(=O)N[C@@H](CCN)C(=O)N[C@@H](Cc2c[nH]c3ccccc23)C(=O)N1C. The summed E-state index contributed by atoms with van der Waals surface area (Å²) in [7, 11) is 3.96. The van der Waals surface area contributed by atoms with Crippen LogP contribution in [-0.4, -0.2) is 312 Å². The number of Topliss-reactive ketones (excluding diaryl/α,β-unsaturated/α-hetero) is 1. The highest BCUT2D eigenvalue weighted by Crippen LogP contribution is 2.30. The summed E-state index contributed by atoms with van der Waals surface area (Å²) in [6.45, 7) is 5.26. The van der Waals surface area contributed by atoms with E-state index >= 15 is 33.6 Å². The number of amides is 16. The molecule has 5 heterocycles. The number of aliphatic hydroxyl groups excluding tert-OH is 1. The van der Waals surface area contributed by atoms with Crippen LogP contribution in [0.2, 0.25) is 0 Å². The topological polar surface area (TPSA) is 644 Å². The van der Waals surface area contributed by atoms with Gasteiger partial charge in [-0.1, -0.05) is 102 Å². The number of aliphatic carboxylic acids is 1. The lowest BCUT2D eigenvalue weighted by Gasteiger charge is -2.36. The maximum atomic E-state index is 15.8. The summed E-state index contributed by atoms with van der Waals surface area (Å²) in [5.41, 5.74) is 26.5. The zero-order valence-corrected chi connectivity index (χ0v) is 78.1. The van der Waals surface area contributed by atoms with Crippen molar-refractivity contribution < 1.29 is 102 Å². The van der Waals surface area contributed by atoms with Gasteiger partial charge < -0.3 is 126 Å². The molecule has 14 atom stereocenters. The molecule has 42 nitrogen and oxygen atoms in total. The van der Waals surface area contributed by atoms with E-state index in [4.69, 9.17) is 22.9 Å². The molecule has 0 spiro atoms. The van der Waals surface area contributed by atoms with Gasteiger partial charge in [-0.15, -0.1) is 11.8 Å². The number of aromatic nitrogens is 3. The molecular weight excluding hydrogens is 1770 g/mol. The number of aliphatic hydroxyl groups is 1. The van der Waals surface area contributed by atoms with Crippen LogP contribution in [0, 0.1) is 11.8 Å². The molecule has 2 aliphatic rings. The van der Waals surface area contributed by atoms with Crippen molar-refractivity contribution in [1.82, 2.24) is 87.3 Å². The fourth-order valence-electron chi connectivity index (χ4n) is 16.4. The van der Waals surface area contributed by atoms with Crippen LogP contribution in [0.3, 0.4) is 0 Å². The van der Waals surface area contributed by atoms with Gasteiger partial charge in [0.2, 0.25) is 94.5 Å². The van der Waals surface area contributed by atoms with Crippen molar-refractivity contribution in [2.45, 2.75) is 222 Å². The van der Waals surface area contributed by atoms with E-state index in [1.807, 2.05) is 13.8 Å². The number of carbonyl (C=O) groups is 18. The largest absolute Gasteiger partial charge is 0.508 e. The zero-order chi connectivity index (χ0) is 99.0. The number of phenols is 1. The Morgan fingerprint density at radius 1 is 0.548 bits per heavy atom. The van der Waals surface area contributed by atoms with Crippen LogP contribution < -0.4 is 70.8 Å². The Morgan fingerprint density at radius 3 is 1.72 bits per heavy atom. The van der Waals surface area contributed by atoms with Crippen molar-refractivity contribution in [3.8, 4) is 5.75 Å². The summed E-state index contributed by atoms with van der Waals surface area (Å²) in [4.78, 5) is 277. The molecule has 3 aromatic carbocycles. The molecule has 0 unspecified atom stereocenters. The minimum Gasteiger partial charge on any atom is -0.508 e. The lowest BCUT2D eigenvalue weighted by atomic mass is 9.90. The number of fused-ring (bicyclic) bond motifs is 3. The van der Waals surface area contributed by atoms with Crippen LogP contribution in [-0.2, 0) is 112 Å². The molecule has 0 radical (unpaired) electrons. The number of rotatable bonds is 28. The van der Waals surface area contributed by atoms with E-state index in [2.05, 4.69) is 62.8 Å². The summed E-state index contributed by atoms with van der Waals surface area (Å²) in [6, 6.07) is 4.10. The van der Waals surface area contributed by atoms with Crippen LogP contribution in [0.1, 0.15) is 140 Å². The molecule has 734 valence electrons. The summed E-state index contributed by atoms with van der Waals surface area (Å²) in [5, 5.41) is 56.8. The molecule has 0 bridgehead atoms. The molecule has 2 aliphatic heterocycles. The number of thioether (sulfide) groups is 1. The lowest BCUT2D eigenvalue weighted by Crippen LogP contribution is -2.60. The molecule has 2 fully saturated rings. The number of primary amides is 2. The number of unbranched alkanes of at least 4 members (excludes halogenated alkanes) is 2. The third-order valence-corrected chi connectivity index (χ3v) is 24.9. The first kappa shape index (κ1) is 107. The maximum absolute atomic E-state index is 15.8. The highest BCUT2D eigenvalue weighted by Gasteiger charge is 2.46. The van der Waals surface area contributed by atoms with Crippen molar-refractivity contribution in [3.05, 3.63) is 126 Å². The van der Waals surface area contributed by atoms with Crippen LogP contribution in [0.5, 0.6) is 5.75 Å². The molecule has 3 aromatic heterocycles. The maximum Gasteiger partial charge on any atom is 0.303 e. The number of para-hydroxylation sites is 2. The van der Waals surface area contributed by atoms with Gasteiger partial charge in [0.05, 0.1) is 37.4 Å². The number of hydrogen-bond donors (Lipinski definition) is 19. The van der Waals surface area contributed by atoms with Gasteiger partial charge in [0.1, 0.15) is 72.2 Å². The van der Waals surface area contributed by atoms with Crippen molar-refractivity contribution in [1.29, 1.82) is 0 Å². The molecular formula is C92H129N21O21S. The van der Waals surface area contributed by atoms with E-state index in [0.717, 1.165) is 26.5 Å². The number of nitrogens with two attached hydrogens (primary N) is 4. The highest BCUT2D eigenvalue weighted by molar-refractivity contribution is 8.00. The van der Waals surface area contributed by atoms with Gasteiger partial charge in [-0.05, 0) is 111 Å². The second-order valence-electron chi connectivity index (χ2n) is 34.7. The first-order valence-electron chi connectivity index (χ1n) is 45.3. The Kier molecular flexibility index (Phi) is 41.1. The zero-order valence-electron chi connectivity index (χ0n) is 77.3. The van der Waals surface area contributed by atoms with Gasteiger partial charge in [0.15, 0.2) is 5.78 Å². The van der Waals surface area contributed by atoms with Gasteiger partial charge in [-0.3, -0.25) is 86.3 Å². The Labute approximate surface area is 785 Å². The minimum absolute atomic E-state index is 0.0270. The van der Waals surface area contributed by atoms with Crippen LogP contribution in [0.25, 0.3) is 21.8 Å². The van der Waals surface area contributed by atoms with E-state index in [9.17, 15) is 68.1 Å². The molecule has 16 amide bonds. The summed E-state index contributed by atoms with van der Waals surface area (Å²) in [5.74, 6) is -20.3. The van der Waals surface area contributed by atoms with E-state index < -0.39 is 261 Å². The minimum atomic E-state index is -1.88. The summed E-state index contributed by atoms with van der Waals surface area (Å²) < 4.78 is 0. The Hall–Kier alpha value is -13.3. The monoisotopic (exact) mass is 1900 g/mol. The van der Waals surface area contributed by atoms with E-state index in [1.165, 1.54) is 68.3 Å². The van der Waals surface area contributed by atoms with E-state index in [0.29, 0.717) is 69.9 Å². The summed E-state index contributed by atoms with van der Waals surface area (Å²) >= 11 is 0.781. The molecule has 43 heteroatoms. The second kappa shape index (κ2) is 51.8. The van der Waals surface area contributed by atoms with Gasteiger partial charge in [-0.25, -0.2) is 0 Å². The van der Waals surface area contributed by atoms with Crippen molar-refractivity contribution in [2.24, 2.45) is 34.8 Å². The third-order valence-electron chi connectivity index (χ3n) is 23.9. The van der Waals surface area contributed by atoms with E-state index in [-0.39, 0.29) is 76.1 Å². The van der Waals surface area contributed by atoms with Crippen LogP contribution in [0.4, 0.5) is 0 Å². The second-order valence-corrected chi connectivity index (χ2v) is 35.7. The number of aromatic amines is 3. The molecule has 2 saturated heterocycles. The number of likely N-dealkylation sites (N-methyl/N-ethyl adjacent to an activating group) is 3. The molecule has 135 heavy (non-hydrogen) atoms. The molecule has 8 rings (SSSR count). The Bertz CT molecular complexity index is 5160. The number of carboxylic acids is 1. The fourth-order valence-corrected chi connectivity index (χ4v) is 17.3. The van der Waals surface area contributed by atoms with Gasteiger partial charge >= 0.3 is 5.97 Å². The number of carbonyl (C=O) groups excluding carboxylic acids is 17. The number of benzene rings is 3. The van der Waals surface area contributed by atoms with Crippen molar-refractivity contribution in [2.75, 3.05) is 71.9 Å². The number of nitrogens with zero attached hydrogens (tertiary/aromatic N) is 5. The number of ketones is 1. The molecule has 0 aliphatic carbocycles. The number of H-pyrrole nitrogens is 3. The van der Waals surface area contributed by atoms with E-state index in [1.54, 1.807) is 86.9 Å². The average molecular weight is 1900 g/mol. The Balaban J connectivity index is 1.21. The first-order chi connectivity index (χ1) is 64.2. The predicted octanol–water partition coefficient (Wildman–Crippen LogP) is -1.48. The molecule has 23 N–H and O–H groups in total. The molecule has 6 aromatic rings. The van der Waals surface area contributed by atoms with Crippen LogP contribution in [0.15, 0.2) is 104 Å². The normalized spacial score (nSPS) is 23.9. The van der Waals surface area contributed by atoms with Crippen molar-refractivity contribution >= 4 is 140 Å². The van der Waals surface area contributed by atoms with Gasteiger partial charge in [-0.2, -0.15) is 0 Å². The Morgan fingerprint density at radius 2 is 1.12 bits per heavy atom. The number of aromatic hydroxyl groups is 1. The summed E-state index contributed by atoms with van der Waals surface area (Å²) in [6.07, 6.45) is 0.388. The quantitative estimate of drug-likeness (QED) is 0.0266. The number of carboxylic acid groups (broad SMARTS) is 1. The highest BCUT2D eigenvalue weighted by atomic mass is 32.2. The lowest BCUT2D eigenvalue weighted by molar-refractivity contribution is -0.149. The first-order valence-corrected chi connectivity index (χ1v) is 46.5. The molecule has 0 saturated carbocycles. The average Bonchev–Trinajstić information content (AvgIpc) is 1.73. The number of hydrogen-bond acceptors (Lipinski definition) is 23. The third kappa shape index (κ3) is 31.1. The standard InChI is InChI=1S/C92H129N21O21S/c1-9-11-23-72-87(129)105-66(36-51(3)4)85(127)108-71(83(125)100-46-77(96)118)49-135-50-79(120)102-68(37-53-25-27-58(114)28-26-53)88(130)109(6)52(5)81(123)106-70(43-76(95)117)90(132)112(35-33-94)48-78(119)101-67(41-57-18-17-34-97-57)86(128)104-65(29-30-80(121)122)91(133)113-47-59(115)42-74(113)75(116)40-54(38-55-44-98-62-21-15-13-19-60(55)62)82(124)103-64(31-32-93)84(126)107-69(39-56-45-99-63-22-16-14-20-61(56)63)89(131)111(8)73(24-12-10-2)92(134)110(72)7/h13-22,25-28,34,44-45,51-52,54,59,64-74,97-99,114-115H,9-12,23-24,29-33,35-43,46-50,93-94H2,1-8H3,(H2,95,117)(H2,96,118)(H,100,125)(H,101,119)(H,102,120)(H,103,124)(H,104,128)(H,105,129)(H,106,123)(H,107,126)(H,108,127)(H,121,122)/t52-,54+,59+,64-,65-,66-,67-,68-,69-,70-,71-,72-,73-,74-/m0/s1. The predicted molar refractivity (Wildman–Crippen MR) is 498 cm³/mol. The van der Waals surface area contributed by atoms with Gasteiger partial charge in [0.25, 0.3) is 0 Å². The van der Waals surface area contributed by atoms with Crippen molar-refractivity contribution in [3.63, 3.8) is 0 Å². The number of nitrogens with one attached hydrogen (secondary N) is 12. The smallest absolute Gasteiger partial charge is 0.303 e.